The fourth-order valence-corrected chi connectivity index (χ4v) is 5.09. The van der Waals surface area contributed by atoms with Gasteiger partial charge in [-0.15, -0.1) is 0 Å². The molecule has 0 bridgehead atoms. The molecule has 0 aromatic heterocycles. The quantitative estimate of drug-likeness (QED) is 0.806. The van der Waals surface area contributed by atoms with E-state index >= 15 is 0 Å². The number of carbonyl (C=O) groups excluding carboxylic acids is 1. The lowest BCUT2D eigenvalue weighted by molar-refractivity contribution is -0.125. The fourth-order valence-electron chi connectivity index (χ4n) is 3.57. The number of sulfonamides is 1. The first-order valence-electron chi connectivity index (χ1n) is 9.32. The van der Waals surface area contributed by atoms with Gasteiger partial charge in [0, 0.05) is 25.0 Å². The molecule has 2 atom stereocenters. The number of amides is 1. The van der Waals surface area contributed by atoms with Gasteiger partial charge >= 0.3 is 0 Å². The Balaban J connectivity index is 1.95. The summed E-state index contributed by atoms with van der Waals surface area (Å²) in [6, 6.07) is 15.8. The third-order valence-electron chi connectivity index (χ3n) is 4.96. The Morgan fingerprint density at radius 1 is 1.11 bits per heavy atom. The summed E-state index contributed by atoms with van der Waals surface area (Å²) in [5.41, 5.74) is 0.897. The summed E-state index contributed by atoms with van der Waals surface area (Å²) in [4.78, 5) is 13.1. The average molecular weight is 403 g/mol. The topological polar surface area (TPSA) is 75.7 Å². The second-order valence-electron chi connectivity index (χ2n) is 7.29. The summed E-state index contributed by atoms with van der Waals surface area (Å²) in [7, 11) is -2.08. The number of nitrogens with zero attached hydrogens (tertiary/aromatic N) is 1. The van der Waals surface area contributed by atoms with Gasteiger partial charge in [-0.3, -0.25) is 4.79 Å². The molecule has 3 rings (SSSR count). The number of methoxy groups -OCH3 is 1. The van der Waals surface area contributed by atoms with Crippen LogP contribution in [-0.4, -0.2) is 44.9 Å². The second kappa shape index (κ2) is 8.32. The first-order chi connectivity index (χ1) is 13.3. The fraction of sp³-hybridized carbons (Fsp3) is 0.381. The van der Waals surface area contributed by atoms with Gasteiger partial charge in [0.15, 0.2) is 0 Å². The van der Waals surface area contributed by atoms with Crippen molar-refractivity contribution in [1.29, 1.82) is 0 Å². The van der Waals surface area contributed by atoms with E-state index in [4.69, 9.17) is 4.74 Å². The third kappa shape index (κ3) is 4.20. The summed E-state index contributed by atoms with van der Waals surface area (Å²) in [5.74, 6) is -0.154. The number of hydrogen-bond acceptors (Lipinski definition) is 4. The van der Waals surface area contributed by atoms with Crippen LogP contribution in [-0.2, 0) is 14.8 Å². The average Bonchev–Trinajstić information content (AvgIpc) is 3.15. The van der Waals surface area contributed by atoms with Gasteiger partial charge < -0.3 is 10.1 Å². The Bertz CT molecular complexity index is 928. The molecular formula is C21H26N2O4S. The molecule has 1 amide bonds. The Morgan fingerprint density at radius 3 is 2.46 bits per heavy atom. The zero-order chi connectivity index (χ0) is 20.3. The van der Waals surface area contributed by atoms with E-state index in [1.165, 1.54) is 4.31 Å². The summed E-state index contributed by atoms with van der Waals surface area (Å²) in [5, 5.41) is 2.93. The van der Waals surface area contributed by atoms with Crippen molar-refractivity contribution in [2.24, 2.45) is 5.92 Å². The molecule has 0 radical (unpaired) electrons. The molecule has 0 unspecified atom stereocenters. The lowest BCUT2D eigenvalue weighted by Gasteiger charge is -2.20. The molecule has 1 saturated heterocycles. The predicted molar refractivity (Wildman–Crippen MR) is 108 cm³/mol. The summed E-state index contributed by atoms with van der Waals surface area (Å²) < 4.78 is 32.9. The van der Waals surface area contributed by atoms with Crippen molar-refractivity contribution in [2.45, 2.75) is 30.7 Å². The first kappa shape index (κ1) is 20.4. The standard InChI is InChI=1S/C21H26N2O4S/c1-15(2)22-21(24)20-14-23(28(25,26)18-10-5-4-6-11-18)13-19(20)16-8-7-9-17(12-16)27-3/h4-12,15,19-20H,13-14H2,1-3H3,(H,22,24)/t19-,20-/m1/s1. The SMILES string of the molecule is COc1cccc([C@H]2CN(S(=O)(=O)c3ccccc3)C[C@H]2C(=O)NC(C)C)c1. The number of hydrogen-bond donors (Lipinski definition) is 1. The van der Waals surface area contributed by atoms with Crippen molar-refractivity contribution in [3.8, 4) is 5.75 Å². The van der Waals surface area contributed by atoms with E-state index in [9.17, 15) is 13.2 Å². The molecule has 0 aliphatic carbocycles. The van der Waals surface area contributed by atoms with Crippen molar-refractivity contribution in [1.82, 2.24) is 9.62 Å². The summed E-state index contributed by atoms with van der Waals surface area (Å²) in [6.45, 7) is 4.19. The molecule has 2 aromatic carbocycles. The summed E-state index contributed by atoms with van der Waals surface area (Å²) >= 11 is 0. The summed E-state index contributed by atoms with van der Waals surface area (Å²) in [6.07, 6.45) is 0. The molecule has 6 nitrogen and oxygen atoms in total. The van der Waals surface area contributed by atoms with Crippen LogP contribution in [0.1, 0.15) is 25.3 Å². The smallest absolute Gasteiger partial charge is 0.243 e. The maximum Gasteiger partial charge on any atom is 0.243 e. The number of carbonyl (C=O) groups is 1. The first-order valence-corrected chi connectivity index (χ1v) is 10.8. The van der Waals surface area contributed by atoms with Gasteiger partial charge in [0.05, 0.1) is 17.9 Å². The number of ether oxygens (including phenoxy) is 1. The molecule has 150 valence electrons. The van der Waals surface area contributed by atoms with Gasteiger partial charge in [0.25, 0.3) is 0 Å². The van der Waals surface area contributed by atoms with Crippen LogP contribution in [0, 0.1) is 5.92 Å². The van der Waals surface area contributed by atoms with Crippen LogP contribution in [0.2, 0.25) is 0 Å². The lowest BCUT2D eigenvalue weighted by atomic mass is 9.88. The molecule has 1 heterocycles. The normalized spacial score (nSPS) is 20.3. The minimum absolute atomic E-state index is 0.0155. The molecule has 0 saturated carbocycles. The van der Waals surface area contributed by atoms with Gasteiger partial charge in [-0.05, 0) is 43.7 Å². The number of rotatable bonds is 6. The maximum atomic E-state index is 13.1. The molecule has 1 aliphatic rings. The van der Waals surface area contributed by atoms with E-state index in [2.05, 4.69) is 5.32 Å². The van der Waals surface area contributed by atoms with Crippen molar-refractivity contribution < 1.29 is 17.9 Å². The molecule has 1 fully saturated rings. The zero-order valence-electron chi connectivity index (χ0n) is 16.3. The maximum absolute atomic E-state index is 13.1. The van der Waals surface area contributed by atoms with Crippen LogP contribution in [0.15, 0.2) is 59.5 Å². The molecule has 2 aromatic rings. The zero-order valence-corrected chi connectivity index (χ0v) is 17.1. The van der Waals surface area contributed by atoms with Crippen molar-refractivity contribution in [3.63, 3.8) is 0 Å². The Labute approximate surface area is 166 Å². The van der Waals surface area contributed by atoms with Crippen LogP contribution in [0.3, 0.4) is 0 Å². The van der Waals surface area contributed by atoms with Crippen LogP contribution in [0.4, 0.5) is 0 Å². The number of nitrogens with one attached hydrogen (secondary N) is 1. The molecule has 7 heteroatoms. The molecule has 1 aliphatic heterocycles. The Hall–Kier alpha value is -2.38. The predicted octanol–water partition coefficient (Wildman–Crippen LogP) is 2.62. The highest BCUT2D eigenvalue weighted by Crippen LogP contribution is 2.37. The van der Waals surface area contributed by atoms with Crippen LogP contribution >= 0.6 is 0 Å². The van der Waals surface area contributed by atoms with Gasteiger partial charge in [0.1, 0.15) is 5.75 Å². The molecule has 0 spiro atoms. The van der Waals surface area contributed by atoms with Gasteiger partial charge in [0.2, 0.25) is 15.9 Å². The second-order valence-corrected chi connectivity index (χ2v) is 9.23. The minimum Gasteiger partial charge on any atom is -0.497 e. The highest BCUT2D eigenvalue weighted by molar-refractivity contribution is 7.89. The highest BCUT2D eigenvalue weighted by atomic mass is 32.2. The van der Waals surface area contributed by atoms with Crippen molar-refractivity contribution in [2.75, 3.05) is 20.2 Å². The minimum atomic E-state index is -3.67. The van der Waals surface area contributed by atoms with E-state index in [-0.39, 0.29) is 35.9 Å². The van der Waals surface area contributed by atoms with Crippen LogP contribution < -0.4 is 10.1 Å². The number of benzene rings is 2. The highest BCUT2D eigenvalue weighted by Gasteiger charge is 2.43. The van der Waals surface area contributed by atoms with E-state index in [1.54, 1.807) is 37.4 Å². The van der Waals surface area contributed by atoms with Crippen molar-refractivity contribution >= 4 is 15.9 Å². The van der Waals surface area contributed by atoms with Crippen LogP contribution in [0.5, 0.6) is 5.75 Å². The monoisotopic (exact) mass is 402 g/mol. The van der Waals surface area contributed by atoms with E-state index in [1.807, 2.05) is 38.1 Å². The Morgan fingerprint density at radius 2 is 1.82 bits per heavy atom. The van der Waals surface area contributed by atoms with Gasteiger partial charge in [-0.2, -0.15) is 4.31 Å². The molecule has 28 heavy (non-hydrogen) atoms. The van der Waals surface area contributed by atoms with E-state index in [0.717, 1.165) is 5.56 Å². The largest absolute Gasteiger partial charge is 0.497 e. The molecular weight excluding hydrogens is 376 g/mol. The third-order valence-corrected chi connectivity index (χ3v) is 6.80. The van der Waals surface area contributed by atoms with E-state index in [0.29, 0.717) is 5.75 Å². The van der Waals surface area contributed by atoms with Gasteiger partial charge in [-0.25, -0.2) is 8.42 Å². The van der Waals surface area contributed by atoms with Gasteiger partial charge in [-0.1, -0.05) is 30.3 Å². The lowest BCUT2D eigenvalue weighted by Crippen LogP contribution is -2.39. The Kier molecular flexibility index (Phi) is 6.05. The van der Waals surface area contributed by atoms with Crippen molar-refractivity contribution in [3.05, 3.63) is 60.2 Å². The van der Waals surface area contributed by atoms with Crippen LogP contribution in [0.25, 0.3) is 0 Å². The molecule has 1 N–H and O–H groups in total. The van der Waals surface area contributed by atoms with E-state index < -0.39 is 15.9 Å².